The second-order valence-electron chi connectivity index (χ2n) is 8.41. The number of rotatable bonds is 5. The zero-order valence-corrected chi connectivity index (χ0v) is 23.0. The first-order valence-electron chi connectivity index (χ1n) is 10.5. The minimum absolute atomic E-state index is 0.157. The quantitative estimate of drug-likeness (QED) is 0.159. The number of ether oxygens (including phenoxy) is 1. The number of hydrogen-bond acceptors (Lipinski definition) is 4. The van der Waals surface area contributed by atoms with Crippen LogP contribution in [-0.2, 0) is 16.2 Å². The summed E-state index contributed by atoms with van der Waals surface area (Å²) in [7, 11) is 0. The summed E-state index contributed by atoms with van der Waals surface area (Å²) in [4.78, 5) is 25.9. The fraction of sp³-hybridized carbons (Fsp3) is 0.292. The Balaban J connectivity index is 1.31. The van der Waals surface area contributed by atoms with Crippen LogP contribution < -0.4 is 4.74 Å². The van der Waals surface area contributed by atoms with Gasteiger partial charge in [0.05, 0.1) is 25.2 Å². The second kappa shape index (κ2) is 9.47. The molecule has 5 nitrogen and oxygen atoms in total. The van der Waals surface area contributed by atoms with Crippen LogP contribution in [0, 0.1) is 30.8 Å². The first-order chi connectivity index (χ1) is 15.8. The molecule has 1 saturated heterocycles. The summed E-state index contributed by atoms with van der Waals surface area (Å²) in [6.07, 6.45) is 7.73. The predicted octanol–water partition coefficient (Wildman–Crippen LogP) is 6.31. The number of hydrazone groups is 1. The summed E-state index contributed by atoms with van der Waals surface area (Å²) in [6.45, 7) is 0.311. The monoisotopic (exact) mass is 706 g/mol. The lowest BCUT2D eigenvalue weighted by atomic mass is 9.63. The largest absolute Gasteiger partial charge is 0.487 e. The van der Waals surface area contributed by atoms with E-state index in [4.69, 9.17) is 27.9 Å². The minimum Gasteiger partial charge on any atom is -0.487 e. The molecule has 0 radical (unpaired) electrons. The molecule has 3 aliphatic carbocycles. The Hall–Kier alpha value is -1.17. The Labute approximate surface area is 228 Å². The van der Waals surface area contributed by atoms with Gasteiger partial charge in [-0.3, -0.25) is 9.59 Å². The highest BCUT2D eigenvalue weighted by Gasteiger charge is 2.56. The molecule has 2 fully saturated rings. The van der Waals surface area contributed by atoms with Crippen LogP contribution in [-0.4, -0.2) is 23.0 Å². The summed E-state index contributed by atoms with van der Waals surface area (Å²) in [5, 5.41) is 6.52. The van der Waals surface area contributed by atoms with E-state index in [0.29, 0.717) is 16.7 Å². The average molecular weight is 707 g/mol. The molecular formula is C24H18Cl2I2N2O3. The number of hydrogen-bond donors (Lipinski definition) is 0. The van der Waals surface area contributed by atoms with Crippen molar-refractivity contribution in [1.82, 2.24) is 5.01 Å². The molecule has 2 amide bonds. The van der Waals surface area contributed by atoms with E-state index >= 15 is 0 Å². The average Bonchev–Trinajstić information content (AvgIpc) is 3.06. The van der Waals surface area contributed by atoms with Crippen LogP contribution in [0.2, 0.25) is 10.0 Å². The van der Waals surface area contributed by atoms with Crippen LogP contribution in [0.1, 0.15) is 24.0 Å². The van der Waals surface area contributed by atoms with Crippen LogP contribution in [0.4, 0.5) is 0 Å². The van der Waals surface area contributed by atoms with Gasteiger partial charge in [0.2, 0.25) is 0 Å². The molecule has 4 aliphatic rings. The molecule has 170 valence electrons. The van der Waals surface area contributed by atoms with E-state index in [-0.39, 0.29) is 35.5 Å². The van der Waals surface area contributed by atoms with Gasteiger partial charge in [0.25, 0.3) is 11.8 Å². The van der Waals surface area contributed by atoms with Crippen molar-refractivity contribution in [2.45, 2.75) is 19.4 Å². The highest BCUT2D eigenvalue weighted by molar-refractivity contribution is 14.1. The summed E-state index contributed by atoms with van der Waals surface area (Å²) in [5.41, 5.74) is 1.63. The van der Waals surface area contributed by atoms with Gasteiger partial charge in [-0.15, -0.1) is 0 Å². The Morgan fingerprint density at radius 3 is 2.15 bits per heavy atom. The number of benzene rings is 2. The second-order valence-corrected chi connectivity index (χ2v) is 11.6. The van der Waals surface area contributed by atoms with Crippen molar-refractivity contribution in [3.05, 3.63) is 70.8 Å². The number of imide groups is 1. The number of halogens is 4. The van der Waals surface area contributed by atoms with Gasteiger partial charge >= 0.3 is 0 Å². The van der Waals surface area contributed by atoms with E-state index in [1.807, 2.05) is 18.2 Å². The van der Waals surface area contributed by atoms with Crippen molar-refractivity contribution in [3.8, 4) is 5.75 Å². The van der Waals surface area contributed by atoms with Crippen LogP contribution >= 0.6 is 68.4 Å². The lowest BCUT2D eigenvalue weighted by molar-refractivity contribution is -0.140. The van der Waals surface area contributed by atoms with Crippen molar-refractivity contribution in [2.24, 2.45) is 28.8 Å². The third kappa shape index (κ3) is 4.46. The first-order valence-corrected chi connectivity index (χ1v) is 13.4. The lowest BCUT2D eigenvalue weighted by Crippen LogP contribution is -2.38. The van der Waals surface area contributed by atoms with E-state index in [1.165, 1.54) is 0 Å². The molecule has 33 heavy (non-hydrogen) atoms. The third-order valence-corrected chi connectivity index (χ3v) is 8.66. The number of allylic oxidation sites excluding steroid dienone is 2. The number of nitrogens with zero attached hydrogens (tertiary/aromatic N) is 2. The van der Waals surface area contributed by atoms with Gasteiger partial charge < -0.3 is 4.74 Å². The predicted molar refractivity (Wildman–Crippen MR) is 144 cm³/mol. The van der Waals surface area contributed by atoms with E-state index in [9.17, 15) is 9.59 Å². The van der Waals surface area contributed by atoms with Crippen molar-refractivity contribution < 1.29 is 14.3 Å². The molecule has 0 spiro atoms. The SMILES string of the molecule is O=C1[C@H]2[C@H](C(=O)N1/N=C\c1cc(I)c(OCc3ccc(Cl)cc3Cl)c(I)c1)[C@H]1C=C[C@H]2CC1. The molecular weight excluding hydrogens is 689 g/mol. The fourth-order valence-corrected chi connectivity index (χ4v) is 7.47. The van der Waals surface area contributed by atoms with Gasteiger partial charge in [0.15, 0.2) is 0 Å². The van der Waals surface area contributed by atoms with Crippen LogP contribution in [0.5, 0.6) is 5.75 Å². The van der Waals surface area contributed by atoms with E-state index < -0.39 is 0 Å². The molecule has 1 heterocycles. The highest BCUT2D eigenvalue weighted by atomic mass is 127. The molecule has 2 aromatic rings. The third-order valence-electron chi connectivity index (χ3n) is 6.47. The Bertz CT molecular complexity index is 1160. The zero-order chi connectivity index (χ0) is 23.3. The van der Waals surface area contributed by atoms with Crippen molar-refractivity contribution in [3.63, 3.8) is 0 Å². The molecule has 6 rings (SSSR count). The fourth-order valence-electron chi connectivity index (χ4n) is 4.88. The molecule has 2 aromatic carbocycles. The smallest absolute Gasteiger partial charge is 0.254 e. The number of carbonyl (C=O) groups excluding carboxylic acids is 2. The Morgan fingerprint density at radius 2 is 1.61 bits per heavy atom. The topological polar surface area (TPSA) is 59.0 Å². The van der Waals surface area contributed by atoms with Crippen molar-refractivity contribution in [1.29, 1.82) is 0 Å². The van der Waals surface area contributed by atoms with Gasteiger partial charge in [0, 0.05) is 15.6 Å². The Kier molecular flexibility index (Phi) is 6.76. The maximum absolute atomic E-state index is 12.9. The molecule has 1 aliphatic heterocycles. The number of carbonyl (C=O) groups is 2. The normalized spacial score (nSPS) is 25.9. The van der Waals surface area contributed by atoms with Gasteiger partial charge in [-0.25, -0.2) is 0 Å². The molecule has 0 aromatic heterocycles. The van der Waals surface area contributed by atoms with Crippen LogP contribution in [0.3, 0.4) is 0 Å². The molecule has 2 bridgehead atoms. The molecule has 9 heteroatoms. The van der Waals surface area contributed by atoms with Crippen LogP contribution in [0.25, 0.3) is 0 Å². The van der Waals surface area contributed by atoms with Crippen LogP contribution in [0.15, 0.2) is 47.6 Å². The van der Waals surface area contributed by atoms with E-state index in [2.05, 4.69) is 62.4 Å². The van der Waals surface area contributed by atoms with Gasteiger partial charge in [-0.1, -0.05) is 41.4 Å². The minimum atomic E-state index is -0.255. The zero-order valence-electron chi connectivity index (χ0n) is 17.2. The molecule has 4 atom stereocenters. The summed E-state index contributed by atoms with van der Waals surface area (Å²) in [6, 6.07) is 9.13. The van der Waals surface area contributed by atoms with Gasteiger partial charge in [0.1, 0.15) is 12.4 Å². The van der Waals surface area contributed by atoms with E-state index in [1.54, 1.807) is 18.3 Å². The molecule has 0 unspecified atom stereocenters. The number of amides is 2. The maximum atomic E-state index is 12.9. The summed E-state index contributed by atoms with van der Waals surface area (Å²) in [5.74, 6) is 0.187. The van der Waals surface area contributed by atoms with Crippen molar-refractivity contribution >= 4 is 86.4 Å². The molecule has 0 N–H and O–H groups in total. The highest BCUT2D eigenvalue weighted by Crippen LogP contribution is 2.49. The van der Waals surface area contributed by atoms with Gasteiger partial charge in [-0.2, -0.15) is 10.1 Å². The maximum Gasteiger partial charge on any atom is 0.254 e. The standard InChI is InChI=1S/C24H18Cl2I2N2O3/c25-16-6-5-15(17(26)9-16)11-33-22-18(27)7-12(8-19(22)28)10-29-30-23(31)20-13-1-2-14(4-3-13)21(20)24(30)32/h1-2,5-10,13-14,20-21H,3-4,11H2/b29-10-/t13-,14-,20+,21+/m0/s1. The summed E-state index contributed by atoms with van der Waals surface area (Å²) < 4.78 is 7.80. The number of fused-ring (bicyclic) bond motifs is 1. The summed E-state index contributed by atoms with van der Waals surface area (Å²) >= 11 is 16.6. The van der Waals surface area contributed by atoms with Gasteiger partial charge in [-0.05, 0) is 99.7 Å². The Morgan fingerprint density at radius 1 is 1.00 bits per heavy atom. The first kappa shape index (κ1) is 23.6. The van der Waals surface area contributed by atoms with E-state index in [0.717, 1.165) is 41.9 Å². The van der Waals surface area contributed by atoms with Crippen molar-refractivity contribution in [2.75, 3.05) is 0 Å². The lowest BCUT2D eigenvalue weighted by Gasteiger charge is -2.37. The molecule has 1 saturated carbocycles.